The van der Waals surface area contributed by atoms with Crippen molar-refractivity contribution >= 4 is 23.5 Å². The van der Waals surface area contributed by atoms with E-state index in [1.807, 2.05) is 5.57 Å². The number of fused-ring (bicyclic) bond motifs is 6. The second-order valence-corrected chi connectivity index (χ2v) is 23.6. The summed E-state index contributed by atoms with van der Waals surface area (Å²) in [6.07, 6.45) is 47.5. The zero-order chi connectivity index (χ0) is 39.7. The van der Waals surface area contributed by atoms with Crippen molar-refractivity contribution in [2.75, 3.05) is 0 Å². The predicted octanol–water partition coefficient (Wildman–Crippen LogP) is 11.1. The Labute approximate surface area is 369 Å². The Hall–Kier alpha value is -2.15. The van der Waals surface area contributed by atoms with Crippen molar-refractivity contribution < 1.29 is 0 Å². The molecule has 12 rings (SSSR count). The van der Waals surface area contributed by atoms with Crippen LogP contribution in [0.4, 0.5) is 0 Å². The van der Waals surface area contributed by atoms with Crippen LogP contribution in [-0.2, 0) is 0 Å². The molecule has 2 saturated heterocycles. The van der Waals surface area contributed by atoms with Gasteiger partial charge in [0.2, 0.25) is 0 Å². The van der Waals surface area contributed by atoms with Crippen molar-refractivity contribution in [1.82, 2.24) is 25.8 Å². The van der Waals surface area contributed by atoms with E-state index < -0.39 is 0 Å². The van der Waals surface area contributed by atoms with Gasteiger partial charge >= 0.3 is 0 Å². The van der Waals surface area contributed by atoms with E-state index in [4.69, 9.17) is 0 Å². The lowest BCUT2D eigenvalue weighted by Crippen LogP contribution is -2.72. The summed E-state index contributed by atoms with van der Waals surface area (Å²) in [6.45, 7) is 0. The Morgan fingerprint density at radius 1 is 0.667 bits per heavy atom. The number of rotatable bonds is 5. The van der Waals surface area contributed by atoms with E-state index in [1.165, 1.54) is 139 Å². The molecule has 8 heteroatoms. The fourth-order valence-electron chi connectivity index (χ4n) is 15.1. The van der Waals surface area contributed by atoms with E-state index in [2.05, 4.69) is 97.9 Å². The molecule has 0 aromatic rings. The van der Waals surface area contributed by atoms with E-state index in [0.29, 0.717) is 40.3 Å². The summed E-state index contributed by atoms with van der Waals surface area (Å²) in [4.78, 5) is 7.37. The van der Waals surface area contributed by atoms with Crippen LogP contribution < -0.4 is 16.0 Å². The zero-order valence-corrected chi connectivity index (χ0v) is 37.7. The molecule has 12 aliphatic rings. The first kappa shape index (κ1) is 39.4. The molecule has 0 amide bonds. The van der Waals surface area contributed by atoms with Crippen molar-refractivity contribution in [2.24, 2.45) is 29.6 Å². The van der Waals surface area contributed by atoms with Gasteiger partial charge in [0.05, 0.1) is 42.6 Å². The van der Waals surface area contributed by atoms with E-state index in [1.54, 1.807) is 22.5 Å². The van der Waals surface area contributed by atoms with Crippen LogP contribution in [0, 0.1) is 40.9 Å². The first-order valence-electron chi connectivity index (χ1n) is 25.2. The summed E-state index contributed by atoms with van der Waals surface area (Å²) in [5, 5.41) is 26.7. The van der Waals surface area contributed by atoms with Crippen molar-refractivity contribution in [1.29, 1.82) is 5.26 Å². The SMILES string of the molecule is N#CC1CC(C2NC(C3=C4C(CCC3)SC3CC=CCC43)NC(C3CCCCC3)N2)C(N2C3=C(C=CCC3)SC3CCC=CC32)=CC1N1C2=C(CCCC2)C2CCCCC21. The summed E-state index contributed by atoms with van der Waals surface area (Å²) >= 11 is 4.49. The third kappa shape index (κ3) is 6.83. The average molecular weight is 843 g/mol. The number of hydrogen-bond donors (Lipinski definition) is 3. The smallest absolute Gasteiger partial charge is 0.0821 e. The van der Waals surface area contributed by atoms with Gasteiger partial charge in [0.15, 0.2) is 0 Å². The van der Waals surface area contributed by atoms with Gasteiger partial charge in [-0.1, -0.05) is 74.1 Å². The monoisotopic (exact) mass is 843 g/mol. The molecule has 0 aromatic heterocycles. The first-order chi connectivity index (χ1) is 29.7. The molecule has 4 aliphatic heterocycles. The quantitative estimate of drug-likeness (QED) is 0.237. The summed E-state index contributed by atoms with van der Waals surface area (Å²) in [5.74, 6) is 2.24. The third-order valence-corrected chi connectivity index (χ3v) is 20.8. The maximum absolute atomic E-state index is 11.5. The molecule has 0 aromatic carbocycles. The third-order valence-electron chi connectivity index (χ3n) is 17.7. The molecular formula is C52H70N6S2. The van der Waals surface area contributed by atoms with Crippen molar-refractivity contribution in [3.8, 4) is 6.07 Å². The molecule has 0 bridgehead atoms. The van der Waals surface area contributed by atoms with E-state index >= 15 is 0 Å². The predicted molar refractivity (Wildman–Crippen MR) is 248 cm³/mol. The highest BCUT2D eigenvalue weighted by molar-refractivity contribution is 8.04. The molecule has 4 fully saturated rings. The minimum Gasteiger partial charge on any atom is -0.363 e. The van der Waals surface area contributed by atoms with Crippen molar-refractivity contribution in [3.05, 3.63) is 81.2 Å². The standard InChI is InChI=1S/C52H70N6S2/c53-31-33-29-38(52-55-50(32-15-2-1-3-16-32)54-51(56-52)37-20-14-28-48-49(37)36-19-6-11-25-45(36)59-48)44(58-41-23-9-12-26-46(41)60-47-27-13-10-24-42(47)58)30-43(33)57-39-21-7-4-17-34(39)35-18-5-8-22-40(35)57/h6,9,11,13,23,27,30,32-34,36,38-39,41,43,45-46,48,50-52,54-56H,1-5,7-8,10,12,14-22,24-26,28-29H2. The van der Waals surface area contributed by atoms with E-state index in [-0.39, 0.29) is 36.4 Å². The molecule has 8 aliphatic carbocycles. The van der Waals surface area contributed by atoms with E-state index in [0.717, 1.165) is 24.5 Å². The number of hydrogen-bond acceptors (Lipinski definition) is 8. The highest BCUT2D eigenvalue weighted by Gasteiger charge is 2.52. The second-order valence-electron chi connectivity index (χ2n) is 20.9. The summed E-state index contributed by atoms with van der Waals surface area (Å²) in [6, 6.07) is 4.17. The minimum atomic E-state index is -0.0289. The molecule has 3 N–H and O–H groups in total. The molecule has 2 saturated carbocycles. The van der Waals surface area contributed by atoms with Gasteiger partial charge in [-0.05, 0) is 145 Å². The van der Waals surface area contributed by atoms with Crippen LogP contribution in [0.1, 0.15) is 148 Å². The Kier molecular flexibility index (Phi) is 11.0. The van der Waals surface area contributed by atoms with Gasteiger partial charge in [0, 0.05) is 55.6 Å². The largest absolute Gasteiger partial charge is 0.363 e. The summed E-state index contributed by atoms with van der Waals surface area (Å²) in [7, 11) is 0. The molecule has 13 atom stereocenters. The fourth-order valence-corrected chi connectivity index (χ4v) is 18.4. The molecule has 0 spiro atoms. The minimum absolute atomic E-state index is 0.0289. The number of nitrogens with zero attached hydrogens (tertiary/aromatic N) is 3. The molecule has 13 unspecified atom stereocenters. The Bertz CT molecular complexity index is 1940. The highest BCUT2D eigenvalue weighted by atomic mass is 32.2. The van der Waals surface area contributed by atoms with Crippen LogP contribution in [0.3, 0.4) is 0 Å². The van der Waals surface area contributed by atoms with Crippen molar-refractivity contribution in [2.45, 2.75) is 200 Å². The van der Waals surface area contributed by atoms with Crippen LogP contribution in [0.15, 0.2) is 81.2 Å². The average Bonchev–Trinajstić information content (AvgIpc) is 3.86. The normalized spacial score (nSPS) is 42.9. The Morgan fingerprint density at radius 3 is 2.45 bits per heavy atom. The molecule has 320 valence electrons. The van der Waals surface area contributed by atoms with Gasteiger partial charge in [-0.2, -0.15) is 5.26 Å². The first-order valence-corrected chi connectivity index (χ1v) is 27.0. The van der Waals surface area contributed by atoms with Crippen LogP contribution in [0.5, 0.6) is 0 Å². The second kappa shape index (κ2) is 16.8. The van der Waals surface area contributed by atoms with Gasteiger partial charge in [-0.25, -0.2) is 0 Å². The van der Waals surface area contributed by atoms with Gasteiger partial charge < -0.3 is 9.80 Å². The summed E-state index contributed by atoms with van der Waals surface area (Å²) < 4.78 is 0. The molecule has 0 radical (unpaired) electrons. The van der Waals surface area contributed by atoms with Crippen LogP contribution in [0.25, 0.3) is 0 Å². The lowest BCUT2D eigenvalue weighted by atomic mass is 9.75. The molecule has 60 heavy (non-hydrogen) atoms. The lowest BCUT2D eigenvalue weighted by molar-refractivity contribution is 0.0806. The lowest BCUT2D eigenvalue weighted by Gasteiger charge is -2.54. The topological polar surface area (TPSA) is 66.4 Å². The van der Waals surface area contributed by atoms with Gasteiger partial charge in [-0.15, -0.1) is 23.5 Å². The van der Waals surface area contributed by atoms with E-state index in [9.17, 15) is 5.26 Å². The summed E-state index contributed by atoms with van der Waals surface area (Å²) in [5.41, 5.74) is 10.1. The Balaban J connectivity index is 0.988. The fraction of sp³-hybridized carbons (Fsp3) is 0.712. The number of nitrogens with one attached hydrogen (secondary N) is 3. The maximum Gasteiger partial charge on any atom is 0.0821 e. The molecular weight excluding hydrogens is 773 g/mol. The van der Waals surface area contributed by atoms with Crippen LogP contribution in [-0.4, -0.2) is 62.2 Å². The number of nitriles is 1. The maximum atomic E-state index is 11.5. The molecule has 4 heterocycles. The van der Waals surface area contributed by atoms with Gasteiger partial charge in [-0.3, -0.25) is 16.0 Å². The van der Waals surface area contributed by atoms with Crippen LogP contribution in [0.2, 0.25) is 0 Å². The Morgan fingerprint density at radius 2 is 1.52 bits per heavy atom. The number of thioether (sulfide) groups is 2. The van der Waals surface area contributed by atoms with Crippen molar-refractivity contribution in [3.63, 3.8) is 0 Å². The molecule has 6 nitrogen and oxygen atoms in total. The van der Waals surface area contributed by atoms with Gasteiger partial charge in [0.25, 0.3) is 0 Å². The zero-order valence-electron chi connectivity index (χ0n) is 36.0. The number of allylic oxidation sites excluding steroid dienone is 7. The van der Waals surface area contributed by atoms with Crippen LogP contribution >= 0.6 is 23.5 Å². The van der Waals surface area contributed by atoms with Gasteiger partial charge in [0.1, 0.15) is 0 Å². The highest BCUT2D eigenvalue weighted by Crippen LogP contribution is 2.56.